The maximum Gasteiger partial charge on any atom is 0.126 e. The van der Waals surface area contributed by atoms with Crippen LogP contribution in [0.5, 0.6) is 11.5 Å². The number of benzene rings is 2. The van der Waals surface area contributed by atoms with Crippen LogP contribution < -0.4 is 9.47 Å². The van der Waals surface area contributed by atoms with Gasteiger partial charge in [0.15, 0.2) is 0 Å². The van der Waals surface area contributed by atoms with E-state index in [-0.39, 0.29) is 5.82 Å². The summed E-state index contributed by atoms with van der Waals surface area (Å²) in [7, 11) is 2.51. The molecule has 0 heterocycles. The number of hydrogen-bond donors (Lipinski definition) is 1. The molecule has 1 atom stereocenters. The predicted octanol–water partition coefficient (Wildman–Crippen LogP) is 7.31. The third kappa shape index (κ3) is 10.5. The summed E-state index contributed by atoms with van der Waals surface area (Å²) in [4.78, 5) is 9.17. The molecule has 2 fully saturated rings. The van der Waals surface area contributed by atoms with Gasteiger partial charge in [-0.3, -0.25) is 0 Å². The zero-order valence-corrected chi connectivity index (χ0v) is 20.2. The monoisotopic (exact) mass is 448 g/mol. The van der Waals surface area contributed by atoms with Gasteiger partial charge in [0.2, 0.25) is 0 Å². The van der Waals surface area contributed by atoms with Crippen LogP contribution in [0.1, 0.15) is 68.4 Å². The number of halogens is 1. The summed E-state index contributed by atoms with van der Waals surface area (Å²) in [6, 6.07) is 13.0. The molecule has 4 rings (SSSR count). The van der Waals surface area contributed by atoms with Crippen LogP contribution in [-0.2, 0) is 6.42 Å². The highest BCUT2D eigenvalue weighted by Gasteiger charge is 2.19. The van der Waals surface area contributed by atoms with Gasteiger partial charge in [-0.2, -0.15) is 0 Å². The Kier molecular flexibility index (Phi) is 11.9. The molecule has 0 bridgehead atoms. The van der Waals surface area contributed by atoms with Gasteiger partial charge in [0.1, 0.15) is 17.3 Å². The van der Waals surface area contributed by atoms with Gasteiger partial charge in [-0.25, -0.2) is 4.39 Å². The molecule has 1 N–H and O–H groups in total. The minimum Gasteiger partial charge on any atom is -0.497 e. The second-order valence-electron chi connectivity index (χ2n) is 8.27. The molecule has 0 saturated heterocycles. The fraction of sp³-hybridized carbons (Fsp3) is 0.538. The maximum absolute atomic E-state index is 13.6. The van der Waals surface area contributed by atoms with Crippen molar-refractivity contribution in [2.75, 3.05) is 27.0 Å². The van der Waals surface area contributed by atoms with Gasteiger partial charge in [-0.1, -0.05) is 50.7 Å². The van der Waals surface area contributed by atoms with E-state index in [9.17, 15) is 9.28 Å². The molecule has 0 aromatic heterocycles. The van der Waals surface area contributed by atoms with E-state index >= 15 is 0 Å². The van der Waals surface area contributed by atoms with E-state index in [1.165, 1.54) is 50.2 Å². The normalized spacial score (nSPS) is 16.2. The van der Waals surface area contributed by atoms with Crippen LogP contribution in [0.2, 0.25) is 0 Å². The van der Waals surface area contributed by atoms with Crippen molar-refractivity contribution in [1.82, 2.24) is 0 Å². The maximum atomic E-state index is 13.6. The fourth-order valence-electron chi connectivity index (χ4n) is 3.49. The summed E-state index contributed by atoms with van der Waals surface area (Å²) in [5.74, 6) is 1.96. The molecule has 5 heteroatoms. The van der Waals surface area contributed by atoms with E-state index in [0.29, 0.717) is 5.92 Å². The summed E-state index contributed by atoms with van der Waals surface area (Å²) in [5, 5.41) is 0. The standard InChI is InChI=1S/C13H17FO.C10H15O2P.C3H6/c1-15-11-7-8-13(14)12(9-11)10-5-3-2-4-6-10;1-12-10-5-3-4-9(8-10)6-7-13(2)11;1-2-3-1/h7-10H,2-6H2,1H3;3-5,8,11H,6-7H2,1-2H3;1-3H2. The van der Waals surface area contributed by atoms with Gasteiger partial charge < -0.3 is 14.4 Å². The van der Waals surface area contributed by atoms with Crippen molar-refractivity contribution in [1.29, 1.82) is 0 Å². The Morgan fingerprint density at radius 1 is 0.903 bits per heavy atom. The Hall–Kier alpha value is -1.64. The van der Waals surface area contributed by atoms with Crippen LogP contribution in [0.3, 0.4) is 0 Å². The van der Waals surface area contributed by atoms with Crippen molar-refractivity contribution >= 4 is 8.15 Å². The lowest BCUT2D eigenvalue weighted by Gasteiger charge is -2.22. The number of methoxy groups -OCH3 is 2. The molecular formula is C26H38FO3P. The van der Waals surface area contributed by atoms with Gasteiger partial charge in [-0.15, -0.1) is 0 Å². The zero-order chi connectivity index (χ0) is 22.5. The molecule has 0 radical (unpaired) electrons. The second-order valence-corrected chi connectivity index (χ2v) is 10.0. The van der Waals surface area contributed by atoms with Crippen LogP contribution in [0.25, 0.3) is 0 Å². The summed E-state index contributed by atoms with van der Waals surface area (Å²) >= 11 is 0. The molecule has 2 aromatic carbocycles. The van der Waals surface area contributed by atoms with Crippen molar-refractivity contribution in [3.63, 3.8) is 0 Å². The van der Waals surface area contributed by atoms with E-state index < -0.39 is 8.15 Å². The summed E-state index contributed by atoms with van der Waals surface area (Å²) < 4.78 is 23.9. The summed E-state index contributed by atoms with van der Waals surface area (Å²) in [6.45, 7) is 1.87. The summed E-state index contributed by atoms with van der Waals surface area (Å²) in [5.41, 5.74) is 2.07. The highest BCUT2D eigenvalue weighted by atomic mass is 31.1. The van der Waals surface area contributed by atoms with Crippen LogP contribution in [0.4, 0.5) is 4.39 Å². The number of hydrogen-bond acceptors (Lipinski definition) is 3. The Labute approximate surface area is 188 Å². The smallest absolute Gasteiger partial charge is 0.126 e. The molecule has 2 aliphatic rings. The van der Waals surface area contributed by atoms with E-state index in [2.05, 4.69) is 6.07 Å². The fourth-order valence-corrected chi connectivity index (χ4v) is 4.08. The van der Waals surface area contributed by atoms with Gasteiger partial charge in [-0.05, 0) is 79.5 Å². The number of rotatable bonds is 6. The first kappa shape index (κ1) is 25.6. The van der Waals surface area contributed by atoms with E-state index in [0.717, 1.165) is 42.5 Å². The molecule has 172 valence electrons. The van der Waals surface area contributed by atoms with E-state index in [4.69, 9.17) is 9.47 Å². The van der Waals surface area contributed by atoms with Gasteiger partial charge in [0.05, 0.1) is 14.2 Å². The second kappa shape index (κ2) is 14.4. The predicted molar refractivity (Wildman–Crippen MR) is 129 cm³/mol. The topological polar surface area (TPSA) is 38.7 Å². The molecule has 2 aromatic rings. The van der Waals surface area contributed by atoms with Crippen LogP contribution >= 0.6 is 8.15 Å². The molecule has 3 nitrogen and oxygen atoms in total. The lowest BCUT2D eigenvalue weighted by atomic mass is 9.84. The average Bonchev–Trinajstić information content (AvgIpc) is 3.69. The van der Waals surface area contributed by atoms with E-state index in [1.807, 2.05) is 30.9 Å². The minimum atomic E-state index is -0.779. The first-order valence-corrected chi connectivity index (χ1v) is 13.3. The Morgan fingerprint density at radius 3 is 2.10 bits per heavy atom. The highest BCUT2D eigenvalue weighted by Crippen LogP contribution is 2.35. The average molecular weight is 449 g/mol. The molecular weight excluding hydrogens is 410 g/mol. The van der Waals surface area contributed by atoms with Crippen molar-refractivity contribution in [2.45, 2.75) is 63.7 Å². The van der Waals surface area contributed by atoms with Crippen molar-refractivity contribution in [3.05, 3.63) is 59.4 Å². The number of aryl methyl sites for hydroxylation is 1. The molecule has 0 aliphatic heterocycles. The van der Waals surface area contributed by atoms with Crippen LogP contribution in [0, 0.1) is 5.82 Å². The Bertz CT molecular complexity index is 755. The molecule has 0 spiro atoms. The van der Waals surface area contributed by atoms with Gasteiger partial charge in [0, 0.05) is 8.15 Å². The number of ether oxygens (including phenoxy) is 2. The van der Waals surface area contributed by atoms with E-state index in [1.54, 1.807) is 20.3 Å². The third-order valence-corrected chi connectivity index (χ3v) is 6.33. The van der Waals surface area contributed by atoms with Crippen molar-refractivity contribution in [2.24, 2.45) is 0 Å². The summed E-state index contributed by atoms with van der Waals surface area (Å²) in [6.07, 6.45) is 12.3. The molecule has 1 unspecified atom stereocenters. The lowest BCUT2D eigenvalue weighted by Crippen LogP contribution is -2.06. The molecule has 31 heavy (non-hydrogen) atoms. The zero-order valence-electron chi connectivity index (χ0n) is 19.3. The van der Waals surface area contributed by atoms with Gasteiger partial charge in [0.25, 0.3) is 0 Å². The first-order valence-electron chi connectivity index (χ1n) is 11.4. The van der Waals surface area contributed by atoms with Crippen molar-refractivity contribution in [3.8, 4) is 11.5 Å². The molecule has 2 saturated carbocycles. The molecule has 2 aliphatic carbocycles. The lowest BCUT2D eigenvalue weighted by molar-refractivity contribution is 0.403. The minimum absolute atomic E-state index is 0.0808. The Morgan fingerprint density at radius 2 is 1.52 bits per heavy atom. The van der Waals surface area contributed by atoms with Crippen LogP contribution in [-0.4, -0.2) is 31.9 Å². The largest absolute Gasteiger partial charge is 0.497 e. The van der Waals surface area contributed by atoms with Crippen molar-refractivity contribution < 1.29 is 18.8 Å². The van der Waals surface area contributed by atoms with Gasteiger partial charge >= 0.3 is 0 Å². The third-order valence-electron chi connectivity index (χ3n) is 5.46. The quantitative estimate of drug-likeness (QED) is 0.471. The highest BCUT2D eigenvalue weighted by molar-refractivity contribution is 7.50. The molecule has 0 amide bonds. The Balaban J connectivity index is 0.000000195. The van der Waals surface area contributed by atoms with Crippen LogP contribution in [0.15, 0.2) is 42.5 Å². The SMILES string of the molecule is C1CC1.COc1ccc(F)c(C2CCCCC2)c1.COc1cccc(CCP(C)O)c1. The first-order chi connectivity index (χ1) is 15.0.